The molecule has 0 aromatic heterocycles. The Balaban J connectivity index is 1.49. The Hall–Kier alpha value is -2.66. The van der Waals surface area contributed by atoms with Crippen molar-refractivity contribution >= 4 is 29.1 Å². The van der Waals surface area contributed by atoms with Gasteiger partial charge in [-0.15, -0.1) is 0 Å². The van der Waals surface area contributed by atoms with Crippen LogP contribution in [0.2, 0.25) is 5.02 Å². The number of halogens is 1. The first-order chi connectivity index (χ1) is 13.0. The van der Waals surface area contributed by atoms with Gasteiger partial charge in [-0.05, 0) is 23.3 Å². The van der Waals surface area contributed by atoms with Gasteiger partial charge >= 0.3 is 0 Å². The topological polar surface area (TPSA) is 53.0 Å². The van der Waals surface area contributed by atoms with Crippen LogP contribution in [0.15, 0.2) is 59.7 Å². The maximum Gasteiger partial charge on any atom is 0.243 e. The second-order valence-corrected chi connectivity index (χ2v) is 6.99. The van der Waals surface area contributed by atoms with Crippen molar-refractivity contribution < 1.29 is 9.59 Å². The fraction of sp³-hybridized carbons (Fsp3) is 0.286. The molecule has 2 aromatic carbocycles. The van der Waals surface area contributed by atoms with Crippen LogP contribution in [0.4, 0.5) is 0 Å². The molecule has 0 spiro atoms. The zero-order valence-corrected chi connectivity index (χ0v) is 16.0. The third-order valence-corrected chi connectivity index (χ3v) is 4.76. The van der Waals surface area contributed by atoms with Crippen LogP contribution >= 0.6 is 11.6 Å². The van der Waals surface area contributed by atoms with Crippen molar-refractivity contribution in [3.05, 3.63) is 70.7 Å². The molecule has 0 saturated heterocycles. The summed E-state index contributed by atoms with van der Waals surface area (Å²) in [5, 5.41) is 6.57. The minimum absolute atomic E-state index is 0.0650. The summed E-state index contributed by atoms with van der Waals surface area (Å²) in [5.74, 6) is -0.182. The van der Waals surface area contributed by atoms with Crippen molar-refractivity contribution in [1.29, 1.82) is 0 Å². The summed E-state index contributed by atoms with van der Waals surface area (Å²) in [6.45, 7) is 1.06. The van der Waals surface area contributed by atoms with Crippen LogP contribution in [0, 0.1) is 0 Å². The van der Waals surface area contributed by atoms with Gasteiger partial charge in [-0.1, -0.05) is 54.1 Å². The van der Waals surface area contributed by atoms with Crippen LogP contribution < -0.4 is 0 Å². The van der Waals surface area contributed by atoms with Gasteiger partial charge in [0.15, 0.2) is 0 Å². The molecule has 27 heavy (non-hydrogen) atoms. The van der Waals surface area contributed by atoms with E-state index in [1.54, 1.807) is 24.1 Å². The molecule has 0 atom stereocenters. The highest BCUT2D eigenvalue weighted by molar-refractivity contribution is 6.30. The minimum atomic E-state index is -0.117. The molecule has 2 aromatic rings. The molecule has 0 saturated carbocycles. The van der Waals surface area contributed by atoms with Crippen LogP contribution in [0.1, 0.15) is 30.4 Å². The van der Waals surface area contributed by atoms with Crippen molar-refractivity contribution in [2.45, 2.75) is 25.8 Å². The second kappa shape index (κ2) is 8.82. The van der Waals surface area contributed by atoms with Crippen LogP contribution in [0.3, 0.4) is 0 Å². The lowest BCUT2D eigenvalue weighted by atomic mass is 10.1. The molecule has 5 nitrogen and oxygen atoms in total. The summed E-state index contributed by atoms with van der Waals surface area (Å²) in [6, 6.07) is 17.2. The average Bonchev–Trinajstić information content (AvgIpc) is 3.18. The zero-order chi connectivity index (χ0) is 19.2. The van der Waals surface area contributed by atoms with Gasteiger partial charge in [0.05, 0.1) is 12.3 Å². The van der Waals surface area contributed by atoms with E-state index in [0.717, 1.165) is 23.3 Å². The Labute approximate surface area is 164 Å². The number of carbonyl (C=O) groups excluding carboxylic acids is 2. The third-order valence-electron chi connectivity index (χ3n) is 4.51. The van der Waals surface area contributed by atoms with Crippen molar-refractivity contribution in [3.63, 3.8) is 0 Å². The number of benzene rings is 2. The summed E-state index contributed by atoms with van der Waals surface area (Å²) in [5.41, 5.74) is 2.94. The van der Waals surface area contributed by atoms with Gasteiger partial charge < -0.3 is 4.90 Å². The first-order valence-electron chi connectivity index (χ1n) is 8.94. The highest BCUT2D eigenvalue weighted by Crippen LogP contribution is 2.16. The summed E-state index contributed by atoms with van der Waals surface area (Å²) < 4.78 is 0. The Morgan fingerprint density at radius 2 is 1.78 bits per heavy atom. The van der Waals surface area contributed by atoms with E-state index in [1.165, 1.54) is 5.01 Å². The van der Waals surface area contributed by atoms with Crippen LogP contribution in [0.5, 0.6) is 0 Å². The number of nitrogens with zero attached hydrogens (tertiary/aromatic N) is 3. The normalized spacial score (nSPS) is 13.4. The number of hydrogen-bond donors (Lipinski definition) is 0. The second-order valence-electron chi connectivity index (χ2n) is 6.56. The molecule has 0 bridgehead atoms. The highest BCUT2D eigenvalue weighted by Gasteiger charge is 2.22. The van der Waals surface area contributed by atoms with E-state index >= 15 is 0 Å². The maximum absolute atomic E-state index is 12.4. The fourth-order valence-electron chi connectivity index (χ4n) is 2.96. The third kappa shape index (κ3) is 5.17. The molecular formula is C21H22ClN3O2. The molecule has 1 aliphatic heterocycles. The molecule has 3 rings (SSSR count). The minimum Gasteiger partial charge on any atom is -0.341 e. The summed E-state index contributed by atoms with van der Waals surface area (Å²) >= 11 is 5.87. The number of carbonyl (C=O) groups is 2. The molecule has 0 unspecified atom stereocenters. The number of hydrazone groups is 1. The molecule has 6 heteroatoms. The van der Waals surface area contributed by atoms with E-state index in [-0.39, 0.29) is 24.7 Å². The van der Waals surface area contributed by atoms with Crippen LogP contribution in [-0.2, 0) is 16.1 Å². The summed E-state index contributed by atoms with van der Waals surface area (Å²) in [4.78, 5) is 26.3. The lowest BCUT2D eigenvalue weighted by Crippen LogP contribution is -2.29. The molecule has 1 aliphatic rings. The van der Waals surface area contributed by atoms with Crippen molar-refractivity contribution in [2.75, 3.05) is 13.6 Å². The molecule has 0 N–H and O–H groups in total. The predicted molar refractivity (Wildman–Crippen MR) is 106 cm³/mol. The first-order valence-corrected chi connectivity index (χ1v) is 9.32. The van der Waals surface area contributed by atoms with Gasteiger partial charge in [-0.2, -0.15) is 5.10 Å². The van der Waals surface area contributed by atoms with E-state index in [1.807, 2.05) is 42.5 Å². The smallest absolute Gasteiger partial charge is 0.243 e. The van der Waals surface area contributed by atoms with E-state index in [0.29, 0.717) is 18.1 Å². The summed E-state index contributed by atoms with van der Waals surface area (Å²) in [6.07, 6.45) is 1.07. The van der Waals surface area contributed by atoms with E-state index in [9.17, 15) is 9.59 Å². The van der Waals surface area contributed by atoms with Crippen molar-refractivity contribution in [2.24, 2.45) is 5.10 Å². The largest absolute Gasteiger partial charge is 0.341 e. The monoisotopic (exact) mass is 383 g/mol. The van der Waals surface area contributed by atoms with Gasteiger partial charge in [-0.25, -0.2) is 5.01 Å². The number of amides is 2. The lowest BCUT2D eigenvalue weighted by Gasteiger charge is -2.18. The van der Waals surface area contributed by atoms with Gasteiger partial charge in [0.1, 0.15) is 0 Å². The van der Waals surface area contributed by atoms with Gasteiger partial charge in [0.25, 0.3) is 0 Å². The maximum atomic E-state index is 12.4. The van der Waals surface area contributed by atoms with E-state index < -0.39 is 0 Å². The molecule has 0 radical (unpaired) electrons. The number of rotatable bonds is 6. The standard InChI is InChI=1S/C21H22ClN3O2/c1-24(15-16-7-9-18(22)10-8-16)20(26)11-12-21(27)25-14-13-19(23-25)17-5-3-2-4-6-17/h2-10H,11-15H2,1H3. The van der Waals surface area contributed by atoms with Crippen LogP contribution in [-0.4, -0.2) is 41.0 Å². The predicted octanol–water partition coefficient (Wildman–Crippen LogP) is 3.72. The molecule has 1 heterocycles. The van der Waals surface area contributed by atoms with Gasteiger partial charge in [-0.3, -0.25) is 9.59 Å². The lowest BCUT2D eigenvalue weighted by molar-refractivity contribution is -0.136. The van der Waals surface area contributed by atoms with Gasteiger partial charge in [0, 0.05) is 37.9 Å². The molecule has 0 aliphatic carbocycles. The molecule has 0 fully saturated rings. The SMILES string of the molecule is CN(Cc1ccc(Cl)cc1)C(=O)CCC(=O)N1CCC(c2ccccc2)=N1. The van der Waals surface area contributed by atoms with E-state index in [2.05, 4.69) is 5.10 Å². The Morgan fingerprint density at radius 3 is 2.48 bits per heavy atom. The quantitative estimate of drug-likeness (QED) is 0.763. The molecular weight excluding hydrogens is 362 g/mol. The Bertz CT molecular complexity index is 834. The average molecular weight is 384 g/mol. The highest BCUT2D eigenvalue weighted by atomic mass is 35.5. The zero-order valence-electron chi connectivity index (χ0n) is 15.3. The Morgan fingerprint density at radius 1 is 1.07 bits per heavy atom. The number of hydrogen-bond acceptors (Lipinski definition) is 3. The van der Waals surface area contributed by atoms with Crippen LogP contribution in [0.25, 0.3) is 0 Å². The molecule has 140 valence electrons. The Kier molecular flexibility index (Phi) is 6.24. The van der Waals surface area contributed by atoms with Crippen molar-refractivity contribution in [1.82, 2.24) is 9.91 Å². The molecule has 2 amide bonds. The van der Waals surface area contributed by atoms with Crippen molar-refractivity contribution in [3.8, 4) is 0 Å². The summed E-state index contributed by atoms with van der Waals surface area (Å²) in [7, 11) is 1.74. The van der Waals surface area contributed by atoms with E-state index in [4.69, 9.17) is 11.6 Å². The van der Waals surface area contributed by atoms with Gasteiger partial charge in [0.2, 0.25) is 11.8 Å². The fourth-order valence-corrected chi connectivity index (χ4v) is 3.08. The first kappa shape index (κ1) is 19.1.